The molecular formula is C8H15NO3S. The summed E-state index contributed by atoms with van der Waals surface area (Å²) in [5.41, 5.74) is 0. The summed E-state index contributed by atoms with van der Waals surface area (Å²) >= 11 is 1.62. The first-order chi connectivity index (χ1) is 5.99. The highest BCUT2D eigenvalue weighted by Crippen LogP contribution is 2.03. The van der Waals surface area contributed by atoms with Crippen molar-refractivity contribution in [1.82, 2.24) is 5.32 Å². The second-order valence-corrected chi connectivity index (χ2v) is 4.13. The van der Waals surface area contributed by atoms with Crippen molar-refractivity contribution in [1.29, 1.82) is 0 Å². The third-order valence-corrected chi connectivity index (χ3v) is 2.70. The molecule has 2 N–H and O–H groups in total. The van der Waals surface area contributed by atoms with Crippen molar-refractivity contribution in [3.8, 4) is 0 Å². The summed E-state index contributed by atoms with van der Waals surface area (Å²) in [5, 5.41) is 11.4. The number of aliphatic carboxylic acids is 1. The van der Waals surface area contributed by atoms with Crippen molar-refractivity contribution in [3.05, 3.63) is 0 Å². The van der Waals surface area contributed by atoms with Gasteiger partial charge in [-0.25, -0.2) is 0 Å². The highest BCUT2D eigenvalue weighted by Gasteiger charge is 2.20. The topological polar surface area (TPSA) is 66.4 Å². The summed E-state index contributed by atoms with van der Waals surface area (Å²) in [5.74, 6) is -2.48. The average molecular weight is 205 g/mol. The molecule has 2 unspecified atom stereocenters. The Morgan fingerprint density at radius 2 is 2.00 bits per heavy atom. The van der Waals surface area contributed by atoms with Gasteiger partial charge in [0.1, 0.15) is 5.92 Å². The largest absolute Gasteiger partial charge is 0.481 e. The zero-order valence-corrected chi connectivity index (χ0v) is 8.85. The molecule has 2 atom stereocenters. The number of nitrogens with one attached hydrogen (secondary N) is 1. The summed E-state index contributed by atoms with van der Waals surface area (Å²) in [6.45, 7) is 3.86. The monoisotopic (exact) mass is 205 g/mol. The first-order valence-corrected chi connectivity index (χ1v) is 5.31. The zero-order chi connectivity index (χ0) is 10.4. The number of carboxylic acids is 1. The fourth-order valence-electron chi connectivity index (χ4n) is 0.593. The van der Waals surface area contributed by atoms with Crippen molar-refractivity contribution < 1.29 is 14.7 Å². The molecule has 0 fully saturated rings. The van der Waals surface area contributed by atoms with Crippen LogP contribution in [0.15, 0.2) is 0 Å². The molecule has 0 aromatic rings. The molecule has 0 radical (unpaired) electrons. The van der Waals surface area contributed by atoms with Gasteiger partial charge in [-0.1, -0.05) is 6.92 Å². The van der Waals surface area contributed by atoms with Crippen molar-refractivity contribution in [2.75, 3.05) is 12.8 Å². The van der Waals surface area contributed by atoms with Crippen molar-refractivity contribution in [2.45, 2.75) is 19.1 Å². The van der Waals surface area contributed by atoms with E-state index in [-0.39, 0.29) is 0 Å². The maximum atomic E-state index is 11.1. The van der Waals surface area contributed by atoms with Gasteiger partial charge in [0.05, 0.1) is 0 Å². The Morgan fingerprint density at radius 3 is 2.38 bits per heavy atom. The first kappa shape index (κ1) is 12.3. The van der Waals surface area contributed by atoms with Gasteiger partial charge in [-0.15, -0.1) is 0 Å². The lowest BCUT2D eigenvalue weighted by Crippen LogP contribution is -2.36. The van der Waals surface area contributed by atoms with Crippen LogP contribution in [-0.2, 0) is 9.59 Å². The molecule has 0 aromatic heterocycles. The molecule has 0 rings (SSSR count). The Hall–Kier alpha value is -0.710. The lowest BCUT2D eigenvalue weighted by Gasteiger charge is -2.11. The van der Waals surface area contributed by atoms with Crippen LogP contribution in [0.1, 0.15) is 13.8 Å². The standard InChI is InChI=1S/C8H15NO3S/c1-5(13-3)4-9-7(10)6(2)8(11)12/h5-6H,4H2,1-3H3,(H,9,10)(H,11,12). The second kappa shape index (κ2) is 5.85. The van der Waals surface area contributed by atoms with Crippen LogP contribution in [0.3, 0.4) is 0 Å². The molecule has 0 saturated heterocycles. The number of rotatable bonds is 5. The summed E-state index contributed by atoms with van der Waals surface area (Å²) < 4.78 is 0. The van der Waals surface area contributed by atoms with Crippen LogP contribution in [0.5, 0.6) is 0 Å². The molecule has 1 amide bonds. The van der Waals surface area contributed by atoms with Gasteiger partial charge in [-0.2, -0.15) is 11.8 Å². The summed E-state index contributed by atoms with van der Waals surface area (Å²) in [6.07, 6.45) is 1.94. The van der Waals surface area contributed by atoms with Gasteiger partial charge in [0, 0.05) is 11.8 Å². The molecule has 0 aromatic carbocycles. The molecule has 13 heavy (non-hydrogen) atoms. The van der Waals surface area contributed by atoms with E-state index in [0.717, 1.165) is 0 Å². The Kier molecular flexibility index (Phi) is 5.53. The van der Waals surface area contributed by atoms with Crippen molar-refractivity contribution in [2.24, 2.45) is 5.92 Å². The van der Waals surface area contributed by atoms with Crippen molar-refractivity contribution in [3.63, 3.8) is 0 Å². The van der Waals surface area contributed by atoms with Gasteiger partial charge in [-0.05, 0) is 13.2 Å². The van der Waals surface area contributed by atoms with Gasteiger partial charge in [0.25, 0.3) is 0 Å². The van der Waals surface area contributed by atoms with E-state index in [1.54, 1.807) is 11.8 Å². The molecule has 4 nitrogen and oxygen atoms in total. The number of hydrogen-bond acceptors (Lipinski definition) is 3. The third kappa shape index (κ3) is 4.77. The molecule has 0 bridgehead atoms. The van der Waals surface area contributed by atoms with E-state index in [9.17, 15) is 9.59 Å². The fourth-order valence-corrected chi connectivity index (χ4v) is 0.843. The van der Waals surface area contributed by atoms with E-state index in [1.807, 2.05) is 13.2 Å². The minimum atomic E-state index is -1.09. The molecule has 0 aliphatic rings. The number of amides is 1. The molecule has 0 spiro atoms. The Bertz CT molecular complexity index is 196. The Morgan fingerprint density at radius 1 is 1.46 bits per heavy atom. The van der Waals surface area contributed by atoms with Gasteiger partial charge < -0.3 is 10.4 Å². The predicted molar refractivity (Wildman–Crippen MR) is 52.8 cm³/mol. The molecular weight excluding hydrogens is 190 g/mol. The molecule has 5 heteroatoms. The number of hydrogen-bond donors (Lipinski definition) is 2. The second-order valence-electron chi connectivity index (χ2n) is 2.85. The van der Waals surface area contributed by atoms with E-state index in [2.05, 4.69) is 5.32 Å². The van der Waals surface area contributed by atoms with Crippen LogP contribution >= 0.6 is 11.8 Å². The molecule has 0 aliphatic heterocycles. The Balaban J connectivity index is 3.81. The minimum Gasteiger partial charge on any atom is -0.481 e. The lowest BCUT2D eigenvalue weighted by atomic mass is 10.2. The van der Waals surface area contributed by atoms with Crippen LogP contribution in [-0.4, -0.2) is 35.0 Å². The number of thioether (sulfide) groups is 1. The van der Waals surface area contributed by atoms with Gasteiger partial charge in [0.15, 0.2) is 0 Å². The maximum Gasteiger partial charge on any atom is 0.315 e. The SMILES string of the molecule is CSC(C)CNC(=O)C(C)C(=O)O. The van der Waals surface area contributed by atoms with Gasteiger partial charge >= 0.3 is 5.97 Å². The minimum absolute atomic E-state index is 0.310. The van der Waals surface area contributed by atoms with Crippen LogP contribution in [0.4, 0.5) is 0 Å². The van der Waals surface area contributed by atoms with Gasteiger partial charge in [0.2, 0.25) is 5.91 Å². The quantitative estimate of drug-likeness (QED) is 0.644. The molecule has 76 valence electrons. The number of carboxylic acid groups (broad SMARTS) is 1. The number of carbonyl (C=O) groups is 2. The lowest BCUT2D eigenvalue weighted by molar-refractivity contribution is -0.146. The normalized spacial score (nSPS) is 14.7. The van der Waals surface area contributed by atoms with E-state index < -0.39 is 17.8 Å². The predicted octanol–water partition coefficient (Wildman–Crippen LogP) is 0.575. The number of carbonyl (C=O) groups excluding carboxylic acids is 1. The first-order valence-electron chi connectivity index (χ1n) is 4.02. The maximum absolute atomic E-state index is 11.1. The van der Waals surface area contributed by atoms with E-state index >= 15 is 0 Å². The van der Waals surface area contributed by atoms with Crippen molar-refractivity contribution >= 4 is 23.6 Å². The molecule has 0 saturated carbocycles. The average Bonchev–Trinajstić information content (AvgIpc) is 2.11. The van der Waals surface area contributed by atoms with Crippen LogP contribution < -0.4 is 5.32 Å². The van der Waals surface area contributed by atoms with E-state index in [1.165, 1.54) is 6.92 Å². The third-order valence-electron chi connectivity index (χ3n) is 1.73. The molecule has 0 aliphatic carbocycles. The Labute approximate surface area is 82.1 Å². The van der Waals surface area contributed by atoms with Crippen LogP contribution in [0.2, 0.25) is 0 Å². The highest BCUT2D eigenvalue weighted by atomic mass is 32.2. The fraction of sp³-hybridized carbons (Fsp3) is 0.750. The zero-order valence-electron chi connectivity index (χ0n) is 8.03. The summed E-state index contributed by atoms with van der Waals surface area (Å²) in [7, 11) is 0. The van der Waals surface area contributed by atoms with E-state index in [0.29, 0.717) is 11.8 Å². The van der Waals surface area contributed by atoms with Crippen LogP contribution in [0.25, 0.3) is 0 Å². The summed E-state index contributed by atoms with van der Waals surface area (Å²) in [4.78, 5) is 21.5. The van der Waals surface area contributed by atoms with Gasteiger partial charge in [-0.3, -0.25) is 9.59 Å². The smallest absolute Gasteiger partial charge is 0.315 e. The molecule has 0 heterocycles. The summed E-state index contributed by atoms with van der Waals surface area (Å²) in [6, 6.07) is 0. The van der Waals surface area contributed by atoms with Crippen LogP contribution in [0, 0.1) is 5.92 Å². The van der Waals surface area contributed by atoms with E-state index in [4.69, 9.17) is 5.11 Å². The highest BCUT2D eigenvalue weighted by molar-refractivity contribution is 7.99.